The average molecular weight is 383 g/mol. The Kier molecular flexibility index (Phi) is 5.87. The first-order valence-electron chi connectivity index (χ1n) is 9.95. The smallest absolute Gasteiger partial charge is 0.255 e. The largest absolute Gasteiger partial charge is 0.361 e. The highest BCUT2D eigenvalue weighted by molar-refractivity contribution is 5.89. The Morgan fingerprint density at radius 2 is 1.48 bits per heavy atom. The van der Waals surface area contributed by atoms with E-state index in [1.54, 1.807) is 0 Å². The average Bonchev–Trinajstić information content (AvgIpc) is 2.77. The molecule has 29 heavy (non-hydrogen) atoms. The van der Waals surface area contributed by atoms with Crippen LogP contribution in [0.25, 0.3) is 6.08 Å². The van der Waals surface area contributed by atoms with Gasteiger partial charge in [0, 0.05) is 6.54 Å². The number of aryl methyl sites for hydroxylation is 1. The lowest BCUT2D eigenvalue weighted by Gasteiger charge is -2.45. The van der Waals surface area contributed by atoms with Crippen molar-refractivity contribution in [3.8, 4) is 0 Å². The van der Waals surface area contributed by atoms with Crippen LogP contribution in [0.5, 0.6) is 0 Å². The van der Waals surface area contributed by atoms with Crippen LogP contribution >= 0.6 is 0 Å². The van der Waals surface area contributed by atoms with Crippen molar-refractivity contribution in [2.24, 2.45) is 0 Å². The lowest BCUT2D eigenvalue weighted by atomic mass is 9.95. The summed E-state index contributed by atoms with van der Waals surface area (Å²) in [5.41, 5.74) is 4.55. The van der Waals surface area contributed by atoms with Gasteiger partial charge >= 0.3 is 0 Å². The number of amides is 1. The molecule has 1 aliphatic heterocycles. The number of rotatable bonds is 7. The van der Waals surface area contributed by atoms with Crippen LogP contribution in [0.2, 0.25) is 0 Å². The molecule has 3 aromatic rings. The summed E-state index contributed by atoms with van der Waals surface area (Å²) in [5, 5.41) is 0. The first-order chi connectivity index (χ1) is 14.2. The van der Waals surface area contributed by atoms with E-state index in [4.69, 9.17) is 4.74 Å². The minimum Gasteiger partial charge on any atom is -0.361 e. The first kappa shape index (κ1) is 19.2. The second-order valence-corrected chi connectivity index (χ2v) is 7.43. The molecule has 0 unspecified atom stereocenters. The Bertz CT molecular complexity index is 965. The molecule has 0 bridgehead atoms. The van der Waals surface area contributed by atoms with E-state index in [1.165, 1.54) is 5.56 Å². The number of carbonyl (C=O) groups excluding carboxylic acids is 1. The predicted molar refractivity (Wildman–Crippen MR) is 116 cm³/mol. The number of β-lactam (4-membered cyclic amide) rings is 1. The van der Waals surface area contributed by atoms with Crippen molar-refractivity contribution in [1.82, 2.24) is 4.90 Å². The molecule has 3 aromatic carbocycles. The minimum atomic E-state index is -0.444. The van der Waals surface area contributed by atoms with Gasteiger partial charge in [0.05, 0.1) is 12.6 Å². The van der Waals surface area contributed by atoms with Gasteiger partial charge in [-0.15, -0.1) is 0 Å². The van der Waals surface area contributed by atoms with Crippen molar-refractivity contribution in [3.05, 3.63) is 113 Å². The molecule has 0 aromatic heterocycles. The van der Waals surface area contributed by atoms with Gasteiger partial charge in [-0.3, -0.25) is 4.79 Å². The normalized spacial score (nSPS) is 18.8. The second-order valence-electron chi connectivity index (χ2n) is 7.43. The maximum Gasteiger partial charge on any atom is 0.255 e. The molecule has 1 saturated heterocycles. The van der Waals surface area contributed by atoms with Gasteiger partial charge in [0.2, 0.25) is 0 Å². The van der Waals surface area contributed by atoms with E-state index in [1.807, 2.05) is 65.6 Å². The Balaban J connectivity index is 1.49. The van der Waals surface area contributed by atoms with E-state index < -0.39 is 6.10 Å². The molecule has 0 N–H and O–H groups in total. The zero-order valence-corrected chi connectivity index (χ0v) is 16.6. The van der Waals surface area contributed by atoms with Crippen molar-refractivity contribution in [3.63, 3.8) is 0 Å². The van der Waals surface area contributed by atoms with E-state index in [0.717, 1.165) is 16.7 Å². The molecule has 1 amide bonds. The van der Waals surface area contributed by atoms with Gasteiger partial charge in [0.15, 0.2) is 6.10 Å². The quantitative estimate of drug-likeness (QED) is 0.537. The first-order valence-corrected chi connectivity index (χ1v) is 9.95. The minimum absolute atomic E-state index is 0.0448. The number of ether oxygens (including phenoxy) is 1. The summed E-state index contributed by atoms with van der Waals surface area (Å²) in [6.07, 6.45) is 3.72. The van der Waals surface area contributed by atoms with Crippen LogP contribution in [0.15, 0.2) is 91.0 Å². The second kappa shape index (κ2) is 8.89. The SMILES string of the molecule is Cc1ccc(/C=C/[C@H]2[C@@H](OCc3ccccc3)C(=O)N2Cc2ccccc2)cc1. The third-order valence-corrected chi connectivity index (χ3v) is 5.23. The molecular formula is C26H25NO2. The van der Waals surface area contributed by atoms with Crippen molar-refractivity contribution in [1.29, 1.82) is 0 Å². The molecule has 1 fully saturated rings. The number of benzene rings is 3. The number of likely N-dealkylation sites (tertiary alicyclic amines) is 1. The van der Waals surface area contributed by atoms with Crippen LogP contribution in [0.1, 0.15) is 22.3 Å². The van der Waals surface area contributed by atoms with Crippen LogP contribution in [0.4, 0.5) is 0 Å². The van der Waals surface area contributed by atoms with Gasteiger partial charge in [0.1, 0.15) is 0 Å². The number of carbonyl (C=O) groups is 1. The third kappa shape index (κ3) is 4.64. The third-order valence-electron chi connectivity index (χ3n) is 5.23. The van der Waals surface area contributed by atoms with Crippen molar-refractivity contribution in [2.75, 3.05) is 0 Å². The van der Waals surface area contributed by atoms with Crippen LogP contribution in [0, 0.1) is 6.92 Å². The lowest BCUT2D eigenvalue weighted by Crippen LogP contribution is -2.64. The number of nitrogens with zero attached hydrogens (tertiary/aromatic N) is 1. The highest BCUT2D eigenvalue weighted by Crippen LogP contribution is 2.28. The summed E-state index contributed by atoms with van der Waals surface area (Å²) in [6, 6.07) is 28.4. The van der Waals surface area contributed by atoms with Gasteiger partial charge in [0.25, 0.3) is 5.91 Å². The summed E-state index contributed by atoms with van der Waals surface area (Å²) in [4.78, 5) is 14.7. The molecule has 3 nitrogen and oxygen atoms in total. The van der Waals surface area contributed by atoms with Crippen LogP contribution in [-0.2, 0) is 22.7 Å². The molecule has 3 heteroatoms. The van der Waals surface area contributed by atoms with E-state index in [9.17, 15) is 4.79 Å². The molecule has 0 radical (unpaired) electrons. The summed E-state index contributed by atoms with van der Waals surface area (Å²) in [5.74, 6) is 0.0448. The maximum atomic E-state index is 12.8. The molecular weight excluding hydrogens is 358 g/mol. The van der Waals surface area contributed by atoms with E-state index in [-0.39, 0.29) is 11.9 Å². The van der Waals surface area contributed by atoms with Gasteiger partial charge < -0.3 is 9.64 Å². The van der Waals surface area contributed by atoms with E-state index >= 15 is 0 Å². The zero-order chi connectivity index (χ0) is 20.1. The van der Waals surface area contributed by atoms with Gasteiger partial charge in [-0.2, -0.15) is 0 Å². The Morgan fingerprint density at radius 1 is 0.862 bits per heavy atom. The van der Waals surface area contributed by atoms with Gasteiger partial charge in [-0.05, 0) is 23.6 Å². The van der Waals surface area contributed by atoms with Crippen molar-refractivity contribution < 1.29 is 9.53 Å². The molecule has 1 heterocycles. The van der Waals surface area contributed by atoms with Gasteiger partial charge in [-0.25, -0.2) is 0 Å². The maximum absolute atomic E-state index is 12.8. The molecule has 4 rings (SSSR count). The molecule has 2 atom stereocenters. The number of hydrogen-bond acceptors (Lipinski definition) is 2. The molecule has 0 aliphatic carbocycles. The Morgan fingerprint density at radius 3 is 2.14 bits per heavy atom. The predicted octanol–water partition coefficient (Wildman–Crippen LogP) is 5.00. The van der Waals surface area contributed by atoms with Crippen LogP contribution in [0.3, 0.4) is 0 Å². The highest BCUT2D eigenvalue weighted by atomic mass is 16.5. The molecule has 146 valence electrons. The summed E-state index contributed by atoms with van der Waals surface area (Å²) in [7, 11) is 0. The van der Waals surface area contributed by atoms with Crippen LogP contribution in [-0.4, -0.2) is 23.0 Å². The topological polar surface area (TPSA) is 29.5 Å². The summed E-state index contributed by atoms with van der Waals surface area (Å²) in [6.45, 7) is 3.10. The van der Waals surface area contributed by atoms with E-state index in [2.05, 4.69) is 43.3 Å². The molecule has 0 saturated carbocycles. The van der Waals surface area contributed by atoms with Gasteiger partial charge in [-0.1, -0.05) is 103 Å². The zero-order valence-electron chi connectivity index (χ0n) is 16.6. The van der Waals surface area contributed by atoms with Crippen molar-refractivity contribution >= 4 is 12.0 Å². The fourth-order valence-electron chi connectivity index (χ4n) is 3.52. The van der Waals surface area contributed by atoms with Crippen molar-refractivity contribution in [2.45, 2.75) is 32.2 Å². The summed E-state index contributed by atoms with van der Waals surface area (Å²) >= 11 is 0. The fraction of sp³-hybridized carbons (Fsp3) is 0.192. The Hall–Kier alpha value is -3.17. The Labute approximate surface area is 172 Å². The molecule has 1 aliphatic rings. The molecule has 0 spiro atoms. The highest BCUT2D eigenvalue weighted by Gasteiger charge is 2.46. The van der Waals surface area contributed by atoms with E-state index in [0.29, 0.717) is 13.2 Å². The lowest BCUT2D eigenvalue weighted by molar-refractivity contribution is -0.172. The fourth-order valence-corrected chi connectivity index (χ4v) is 3.52. The number of hydrogen-bond donors (Lipinski definition) is 0. The standard InChI is InChI=1S/C26H25NO2/c1-20-12-14-21(15-13-20)16-17-24-25(29-19-23-10-6-3-7-11-23)26(28)27(24)18-22-8-4-2-5-9-22/h2-17,24-25H,18-19H2,1H3/b17-16+/t24-,25+/m0/s1. The summed E-state index contributed by atoms with van der Waals surface area (Å²) < 4.78 is 6.02. The van der Waals surface area contributed by atoms with Crippen LogP contribution < -0.4 is 0 Å². The monoisotopic (exact) mass is 383 g/mol.